The maximum Gasteiger partial charge on any atom is 0.358 e. The van der Waals surface area contributed by atoms with Crippen molar-refractivity contribution in [2.24, 2.45) is 28.1 Å². The van der Waals surface area contributed by atoms with Crippen LogP contribution < -0.4 is 4.74 Å². The van der Waals surface area contributed by atoms with Crippen LogP contribution in [0.25, 0.3) is 0 Å². The lowest BCUT2D eigenvalue weighted by atomic mass is 9.51. The minimum atomic E-state index is -2.02. The molecule has 0 bridgehead atoms. The molecule has 1 N–H and O–H groups in total. The second-order valence-corrected chi connectivity index (χ2v) is 12.7. The van der Waals surface area contributed by atoms with Gasteiger partial charge in [-0.1, -0.05) is 39.0 Å². The summed E-state index contributed by atoms with van der Waals surface area (Å²) in [5, 5.41) is 11.9. The number of thiocarbonyl (C=S) groups is 1. The first kappa shape index (κ1) is 24.3. The number of aliphatic hydroxyl groups is 1. The molecule has 1 aromatic rings. The second kappa shape index (κ2) is 7.05. The van der Waals surface area contributed by atoms with Crippen molar-refractivity contribution >= 4 is 35.4 Å². The normalized spacial score (nSPS) is 47.6. The van der Waals surface area contributed by atoms with Gasteiger partial charge in [-0.2, -0.15) is 0 Å². The van der Waals surface area contributed by atoms with Crippen LogP contribution in [0.15, 0.2) is 30.3 Å². The summed E-state index contributed by atoms with van der Waals surface area (Å²) in [6.45, 7) is 7.58. The van der Waals surface area contributed by atoms with Crippen LogP contribution in [0.3, 0.4) is 0 Å². The van der Waals surface area contributed by atoms with Gasteiger partial charge in [-0.05, 0) is 36.8 Å². The van der Waals surface area contributed by atoms with Gasteiger partial charge in [0.1, 0.15) is 18.0 Å². The lowest BCUT2D eigenvalue weighted by molar-refractivity contribution is -0.238. The lowest BCUT2D eigenvalue weighted by Gasteiger charge is -2.47. The van der Waals surface area contributed by atoms with E-state index in [1.807, 2.05) is 26.8 Å². The predicted octanol–water partition coefficient (Wildman–Crippen LogP) is 2.05. The van der Waals surface area contributed by atoms with Crippen molar-refractivity contribution in [3.8, 4) is 5.75 Å². The Labute approximate surface area is 223 Å². The van der Waals surface area contributed by atoms with Crippen molar-refractivity contribution < 1.29 is 47.9 Å². The summed E-state index contributed by atoms with van der Waals surface area (Å²) in [6, 6.07) is 8.76. The van der Waals surface area contributed by atoms with E-state index in [0.717, 1.165) is 0 Å². The van der Waals surface area contributed by atoms with Gasteiger partial charge < -0.3 is 33.5 Å². The number of carbonyl (C=O) groups is 3. The molecule has 6 aliphatic rings. The molecule has 11 heteroatoms. The van der Waals surface area contributed by atoms with Gasteiger partial charge in [0.2, 0.25) is 18.0 Å². The molecule has 7 rings (SSSR count). The second-order valence-electron chi connectivity index (χ2n) is 12.4. The molecule has 0 radical (unpaired) electrons. The van der Waals surface area contributed by atoms with Gasteiger partial charge in [-0.3, -0.25) is 4.79 Å². The highest BCUT2D eigenvalue weighted by molar-refractivity contribution is 7.79. The van der Waals surface area contributed by atoms with Gasteiger partial charge >= 0.3 is 23.1 Å². The summed E-state index contributed by atoms with van der Waals surface area (Å²) in [5.41, 5.74) is -7.03. The molecule has 2 spiro atoms. The highest BCUT2D eigenvalue weighted by atomic mass is 32.1. The molecule has 6 fully saturated rings. The van der Waals surface area contributed by atoms with Crippen LogP contribution in [0.1, 0.15) is 40.5 Å². The molecule has 202 valence electrons. The first-order chi connectivity index (χ1) is 17.9. The molecule has 10 atom stereocenters. The fraction of sp³-hybridized carbons (Fsp3) is 0.630. The van der Waals surface area contributed by atoms with Gasteiger partial charge in [0.15, 0.2) is 5.60 Å². The third-order valence-electron chi connectivity index (χ3n) is 10.1. The Morgan fingerprint density at radius 2 is 1.76 bits per heavy atom. The van der Waals surface area contributed by atoms with E-state index in [1.54, 1.807) is 24.3 Å². The summed E-state index contributed by atoms with van der Waals surface area (Å²) < 4.78 is 35.7. The Morgan fingerprint density at radius 3 is 2.45 bits per heavy atom. The zero-order chi connectivity index (χ0) is 27.0. The van der Waals surface area contributed by atoms with Gasteiger partial charge in [-0.15, -0.1) is 0 Å². The van der Waals surface area contributed by atoms with Crippen LogP contribution in [0, 0.1) is 28.1 Å². The van der Waals surface area contributed by atoms with Crippen molar-refractivity contribution in [3.05, 3.63) is 30.3 Å². The van der Waals surface area contributed by atoms with Gasteiger partial charge in [-0.25, -0.2) is 9.59 Å². The zero-order valence-electron chi connectivity index (χ0n) is 21.3. The molecule has 2 saturated carbocycles. The van der Waals surface area contributed by atoms with Crippen molar-refractivity contribution in [3.63, 3.8) is 0 Å². The lowest BCUT2D eigenvalue weighted by Crippen LogP contribution is -2.66. The smallest absolute Gasteiger partial charge is 0.358 e. The monoisotopic (exact) mass is 544 g/mol. The molecule has 4 aliphatic heterocycles. The van der Waals surface area contributed by atoms with E-state index in [4.69, 9.17) is 40.6 Å². The number of hydrogen-bond acceptors (Lipinski definition) is 11. The standard InChI is InChI=1S/C27H28O10S/c1-12-18(28)33-16-11-24-15-10-14(23(2,3)4)25(24)17(35-22(38)32-13-8-6-5-7-9-13)19(29)36-21(25)37-27(24,20(30)34-15)26(12,16)31/h5-9,12,14-17,21,31H,10-11H2,1-4H3/t12-,14+,15?,16?,17+,21?,24?,25?,26-,27-/m1/s1. The minimum absolute atomic E-state index is 0.0435. The van der Waals surface area contributed by atoms with Crippen molar-refractivity contribution in [2.45, 2.75) is 76.3 Å². The average Bonchev–Trinajstić information content (AvgIpc) is 3.55. The van der Waals surface area contributed by atoms with Gasteiger partial charge in [0.25, 0.3) is 0 Å². The van der Waals surface area contributed by atoms with E-state index in [9.17, 15) is 19.5 Å². The number of ether oxygens (including phenoxy) is 6. The van der Waals surface area contributed by atoms with Crippen molar-refractivity contribution in [1.82, 2.24) is 0 Å². The number of rotatable bonds is 2. The van der Waals surface area contributed by atoms with Gasteiger partial charge in [0, 0.05) is 18.6 Å². The van der Waals surface area contributed by atoms with Crippen LogP contribution in [-0.4, -0.2) is 64.1 Å². The van der Waals surface area contributed by atoms with E-state index in [1.165, 1.54) is 6.92 Å². The van der Waals surface area contributed by atoms with Crippen molar-refractivity contribution in [1.29, 1.82) is 0 Å². The number of esters is 3. The topological polar surface area (TPSA) is 127 Å². The molecule has 5 unspecified atom stereocenters. The molecule has 4 heterocycles. The van der Waals surface area contributed by atoms with E-state index in [0.29, 0.717) is 12.2 Å². The van der Waals surface area contributed by atoms with E-state index in [2.05, 4.69) is 0 Å². The third-order valence-corrected chi connectivity index (χ3v) is 10.3. The Balaban J connectivity index is 1.41. The van der Waals surface area contributed by atoms with E-state index in [-0.39, 0.29) is 17.6 Å². The number of benzene rings is 1. The Kier molecular flexibility index (Phi) is 4.51. The number of hydrogen-bond donors (Lipinski definition) is 1. The summed E-state index contributed by atoms with van der Waals surface area (Å²) in [7, 11) is 0. The van der Waals surface area contributed by atoms with E-state index >= 15 is 0 Å². The van der Waals surface area contributed by atoms with Crippen LogP contribution in [-0.2, 0) is 38.1 Å². The molecule has 10 nitrogen and oxygen atoms in total. The number of carbonyl (C=O) groups excluding carboxylic acids is 3. The molecule has 4 saturated heterocycles. The van der Waals surface area contributed by atoms with E-state index < -0.39 is 75.9 Å². The highest BCUT2D eigenvalue weighted by Crippen LogP contribution is 2.84. The molecular formula is C27H28O10S. The number of para-hydroxylation sites is 1. The highest BCUT2D eigenvalue weighted by Gasteiger charge is 3.01. The SMILES string of the molecule is C[C@@H]1C(=O)OC2CC34C5C[C@@H](C(C)(C)C)C36C(OC(=O)[C@@H]6OC(=S)Oc3ccccc3)O[C@@]4(C(=O)O5)[C@]21O. The fourth-order valence-corrected chi connectivity index (χ4v) is 9.08. The van der Waals surface area contributed by atoms with Gasteiger partial charge in [0.05, 0.1) is 16.7 Å². The summed E-state index contributed by atoms with van der Waals surface area (Å²) >= 11 is 5.41. The summed E-state index contributed by atoms with van der Waals surface area (Å²) in [4.78, 5) is 39.9. The Hall–Kier alpha value is -2.76. The van der Waals surface area contributed by atoms with Crippen LogP contribution in [0.5, 0.6) is 5.75 Å². The minimum Gasteiger partial charge on any atom is -0.459 e. The number of fused-ring (bicyclic) bond motifs is 1. The summed E-state index contributed by atoms with van der Waals surface area (Å²) in [5.74, 6) is -3.09. The maximum atomic E-state index is 13.8. The first-order valence-corrected chi connectivity index (χ1v) is 13.2. The molecule has 1 aromatic carbocycles. The molecular weight excluding hydrogens is 516 g/mol. The Morgan fingerprint density at radius 1 is 1.05 bits per heavy atom. The fourth-order valence-electron chi connectivity index (χ4n) is 8.88. The molecule has 38 heavy (non-hydrogen) atoms. The molecule has 0 aromatic heterocycles. The molecule has 2 aliphatic carbocycles. The predicted molar refractivity (Wildman–Crippen MR) is 129 cm³/mol. The average molecular weight is 545 g/mol. The first-order valence-electron chi connectivity index (χ1n) is 12.8. The quantitative estimate of drug-likeness (QED) is 0.334. The van der Waals surface area contributed by atoms with Crippen LogP contribution >= 0.6 is 12.2 Å². The third kappa shape index (κ3) is 2.31. The Bertz CT molecular complexity index is 1290. The molecule has 0 amide bonds. The van der Waals surface area contributed by atoms with Crippen molar-refractivity contribution in [2.75, 3.05) is 0 Å². The largest absolute Gasteiger partial charge is 0.459 e. The van der Waals surface area contributed by atoms with Crippen LogP contribution in [0.2, 0.25) is 0 Å². The maximum absolute atomic E-state index is 13.8. The zero-order valence-corrected chi connectivity index (χ0v) is 22.1. The summed E-state index contributed by atoms with van der Waals surface area (Å²) in [6.07, 6.45) is -3.89. The van der Waals surface area contributed by atoms with Crippen LogP contribution in [0.4, 0.5) is 0 Å².